The van der Waals surface area contributed by atoms with Gasteiger partial charge in [0, 0.05) is 18.1 Å². The SMILES string of the molecule is CC(CNC(C)(C)C)OCC1CCCCN1C. The molecular formula is C14H30N2O. The molecule has 1 rings (SSSR count). The van der Waals surface area contributed by atoms with Gasteiger partial charge in [0.1, 0.15) is 0 Å². The summed E-state index contributed by atoms with van der Waals surface area (Å²) in [7, 11) is 2.21. The summed E-state index contributed by atoms with van der Waals surface area (Å²) in [5.74, 6) is 0. The highest BCUT2D eigenvalue weighted by Crippen LogP contribution is 2.15. The van der Waals surface area contributed by atoms with Crippen molar-refractivity contribution in [2.24, 2.45) is 0 Å². The van der Waals surface area contributed by atoms with Gasteiger partial charge in [0.05, 0.1) is 12.7 Å². The van der Waals surface area contributed by atoms with Crippen molar-refractivity contribution in [3.63, 3.8) is 0 Å². The summed E-state index contributed by atoms with van der Waals surface area (Å²) >= 11 is 0. The van der Waals surface area contributed by atoms with E-state index in [-0.39, 0.29) is 5.54 Å². The molecule has 2 unspecified atom stereocenters. The van der Waals surface area contributed by atoms with Crippen LogP contribution in [0.1, 0.15) is 47.0 Å². The number of hydrogen-bond donors (Lipinski definition) is 1. The fourth-order valence-corrected chi connectivity index (χ4v) is 2.14. The monoisotopic (exact) mass is 242 g/mol. The lowest BCUT2D eigenvalue weighted by Gasteiger charge is -2.33. The third-order valence-corrected chi connectivity index (χ3v) is 3.41. The number of rotatable bonds is 5. The van der Waals surface area contributed by atoms with Gasteiger partial charge in [0.25, 0.3) is 0 Å². The maximum Gasteiger partial charge on any atom is 0.0672 e. The molecule has 3 heteroatoms. The van der Waals surface area contributed by atoms with E-state index in [0.29, 0.717) is 12.1 Å². The summed E-state index contributed by atoms with van der Waals surface area (Å²) in [5, 5.41) is 3.48. The van der Waals surface area contributed by atoms with Crippen LogP contribution in [-0.2, 0) is 4.74 Å². The van der Waals surface area contributed by atoms with E-state index in [0.717, 1.165) is 13.2 Å². The second-order valence-electron chi connectivity index (χ2n) is 6.41. The largest absolute Gasteiger partial charge is 0.376 e. The van der Waals surface area contributed by atoms with E-state index in [2.05, 4.69) is 45.0 Å². The Morgan fingerprint density at radius 3 is 2.65 bits per heavy atom. The first-order valence-electron chi connectivity index (χ1n) is 6.95. The second-order valence-corrected chi connectivity index (χ2v) is 6.41. The van der Waals surface area contributed by atoms with Crippen molar-refractivity contribution in [3.8, 4) is 0 Å². The highest BCUT2D eigenvalue weighted by molar-refractivity contribution is 4.75. The molecular weight excluding hydrogens is 212 g/mol. The van der Waals surface area contributed by atoms with Gasteiger partial charge in [0.15, 0.2) is 0 Å². The highest BCUT2D eigenvalue weighted by Gasteiger charge is 2.20. The van der Waals surface area contributed by atoms with E-state index in [9.17, 15) is 0 Å². The van der Waals surface area contributed by atoms with Gasteiger partial charge in [-0.25, -0.2) is 0 Å². The lowest BCUT2D eigenvalue weighted by Crippen LogP contribution is -2.43. The summed E-state index contributed by atoms with van der Waals surface area (Å²) in [4.78, 5) is 2.44. The van der Waals surface area contributed by atoms with Crippen LogP contribution < -0.4 is 5.32 Å². The molecule has 1 aliphatic rings. The molecule has 1 aliphatic heterocycles. The van der Waals surface area contributed by atoms with Gasteiger partial charge in [-0.1, -0.05) is 6.42 Å². The topological polar surface area (TPSA) is 24.5 Å². The Hall–Kier alpha value is -0.120. The van der Waals surface area contributed by atoms with Gasteiger partial charge < -0.3 is 15.0 Å². The zero-order chi connectivity index (χ0) is 12.9. The van der Waals surface area contributed by atoms with Crippen molar-refractivity contribution in [1.82, 2.24) is 10.2 Å². The summed E-state index contributed by atoms with van der Waals surface area (Å²) < 4.78 is 5.94. The van der Waals surface area contributed by atoms with E-state index >= 15 is 0 Å². The van der Waals surface area contributed by atoms with Crippen LogP contribution >= 0.6 is 0 Å². The first kappa shape index (κ1) is 14.9. The number of likely N-dealkylation sites (tertiary alicyclic amines) is 1. The average molecular weight is 242 g/mol. The molecule has 2 atom stereocenters. The van der Waals surface area contributed by atoms with E-state index in [1.807, 2.05) is 0 Å². The smallest absolute Gasteiger partial charge is 0.0672 e. The van der Waals surface area contributed by atoms with Crippen molar-refractivity contribution in [2.75, 3.05) is 26.7 Å². The fourth-order valence-electron chi connectivity index (χ4n) is 2.14. The molecule has 0 aliphatic carbocycles. The van der Waals surface area contributed by atoms with Gasteiger partial charge in [-0.2, -0.15) is 0 Å². The molecule has 0 radical (unpaired) electrons. The normalized spacial score (nSPS) is 24.9. The van der Waals surface area contributed by atoms with Crippen molar-refractivity contribution in [1.29, 1.82) is 0 Å². The minimum atomic E-state index is 0.180. The van der Waals surface area contributed by atoms with Crippen molar-refractivity contribution < 1.29 is 4.74 Å². The summed E-state index contributed by atoms with van der Waals surface area (Å²) in [6.07, 6.45) is 4.28. The molecule has 0 aromatic heterocycles. The van der Waals surface area contributed by atoms with Gasteiger partial charge in [-0.05, 0) is 54.1 Å². The van der Waals surface area contributed by atoms with Gasteiger partial charge in [-0.3, -0.25) is 0 Å². The molecule has 102 valence electrons. The summed E-state index contributed by atoms with van der Waals surface area (Å²) in [6.45, 7) is 11.8. The Morgan fingerprint density at radius 1 is 1.35 bits per heavy atom. The predicted octanol–water partition coefficient (Wildman–Crippen LogP) is 2.26. The molecule has 1 fully saturated rings. The Morgan fingerprint density at radius 2 is 2.06 bits per heavy atom. The molecule has 1 heterocycles. The number of nitrogens with one attached hydrogen (secondary N) is 1. The number of ether oxygens (including phenoxy) is 1. The van der Waals surface area contributed by atoms with Crippen LogP contribution in [0.4, 0.5) is 0 Å². The third-order valence-electron chi connectivity index (χ3n) is 3.41. The zero-order valence-electron chi connectivity index (χ0n) is 12.3. The quantitative estimate of drug-likeness (QED) is 0.800. The maximum atomic E-state index is 5.94. The van der Waals surface area contributed by atoms with Crippen LogP contribution in [0.15, 0.2) is 0 Å². The molecule has 1 saturated heterocycles. The van der Waals surface area contributed by atoms with E-state index in [4.69, 9.17) is 4.74 Å². The second kappa shape index (κ2) is 6.72. The molecule has 1 N–H and O–H groups in total. The molecule has 0 aromatic carbocycles. The van der Waals surface area contributed by atoms with E-state index in [1.165, 1.54) is 25.8 Å². The van der Waals surface area contributed by atoms with Crippen LogP contribution in [0.5, 0.6) is 0 Å². The van der Waals surface area contributed by atoms with Crippen LogP contribution in [0, 0.1) is 0 Å². The van der Waals surface area contributed by atoms with Gasteiger partial charge in [-0.15, -0.1) is 0 Å². The lowest BCUT2D eigenvalue weighted by atomic mass is 10.0. The maximum absolute atomic E-state index is 5.94. The zero-order valence-corrected chi connectivity index (χ0v) is 12.3. The number of piperidine rings is 1. The van der Waals surface area contributed by atoms with Crippen molar-refractivity contribution >= 4 is 0 Å². The number of hydrogen-bond acceptors (Lipinski definition) is 3. The van der Waals surface area contributed by atoms with Crippen LogP contribution in [-0.4, -0.2) is 49.3 Å². The molecule has 3 nitrogen and oxygen atoms in total. The molecule has 0 aromatic rings. The molecule has 17 heavy (non-hydrogen) atoms. The fraction of sp³-hybridized carbons (Fsp3) is 1.00. The Kier molecular flexibility index (Phi) is 5.90. The van der Waals surface area contributed by atoms with Crippen LogP contribution in [0.3, 0.4) is 0 Å². The molecule has 0 amide bonds. The number of likely N-dealkylation sites (N-methyl/N-ethyl adjacent to an activating group) is 1. The lowest BCUT2D eigenvalue weighted by molar-refractivity contribution is 0.0103. The third kappa shape index (κ3) is 6.39. The Bertz CT molecular complexity index is 213. The summed E-state index contributed by atoms with van der Waals surface area (Å²) in [6, 6.07) is 0.626. The van der Waals surface area contributed by atoms with Gasteiger partial charge in [0.2, 0.25) is 0 Å². The Balaban J connectivity index is 2.16. The minimum Gasteiger partial charge on any atom is -0.376 e. The average Bonchev–Trinajstić information content (AvgIpc) is 2.24. The first-order chi connectivity index (χ1) is 7.88. The van der Waals surface area contributed by atoms with Crippen LogP contribution in [0.25, 0.3) is 0 Å². The molecule has 0 spiro atoms. The van der Waals surface area contributed by atoms with Crippen molar-refractivity contribution in [3.05, 3.63) is 0 Å². The first-order valence-corrected chi connectivity index (χ1v) is 6.95. The Labute approximate surface area is 107 Å². The van der Waals surface area contributed by atoms with Gasteiger partial charge >= 0.3 is 0 Å². The number of nitrogens with zero attached hydrogens (tertiary/aromatic N) is 1. The summed E-state index contributed by atoms with van der Waals surface area (Å²) in [5.41, 5.74) is 0.180. The van der Waals surface area contributed by atoms with E-state index < -0.39 is 0 Å². The van der Waals surface area contributed by atoms with Crippen LogP contribution in [0.2, 0.25) is 0 Å². The standard InChI is InChI=1S/C14H30N2O/c1-12(10-15-14(2,3)4)17-11-13-8-6-7-9-16(13)5/h12-13,15H,6-11H2,1-5H3. The minimum absolute atomic E-state index is 0.180. The van der Waals surface area contributed by atoms with E-state index in [1.54, 1.807) is 0 Å². The highest BCUT2D eigenvalue weighted by atomic mass is 16.5. The molecule has 0 saturated carbocycles. The predicted molar refractivity (Wildman–Crippen MR) is 73.4 cm³/mol. The van der Waals surface area contributed by atoms with Crippen molar-refractivity contribution in [2.45, 2.75) is 64.6 Å². The molecule has 0 bridgehead atoms.